The highest BCUT2D eigenvalue weighted by Crippen LogP contribution is 2.35. The molecule has 1 aromatic carbocycles. The van der Waals surface area contributed by atoms with E-state index in [1.807, 2.05) is 0 Å². The molecule has 21 heavy (non-hydrogen) atoms. The monoisotopic (exact) mass is 303 g/mol. The number of nitrogens with zero attached hydrogens (tertiary/aromatic N) is 1. The Kier molecular flexibility index (Phi) is 4.12. The zero-order chi connectivity index (χ0) is 15.6. The van der Waals surface area contributed by atoms with Gasteiger partial charge in [0.25, 0.3) is 5.69 Å². The van der Waals surface area contributed by atoms with E-state index in [0.717, 1.165) is 12.5 Å². The van der Waals surface area contributed by atoms with E-state index in [2.05, 4.69) is 10.6 Å². The SMILES string of the molecule is O=C(Nc1ccc(C(F)(F)F)cc1[N+](=O)[O-])C1CCCN1. The standard InChI is InChI=1S/C12H12F3N3O3/c13-12(14,15)7-3-4-8(10(6-7)18(20)21)17-11(19)9-2-1-5-16-9/h3-4,6,9,16H,1-2,5H2,(H,17,19). The molecule has 114 valence electrons. The second-order valence-electron chi connectivity index (χ2n) is 4.62. The van der Waals surface area contributed by atoms with Crippen LogP contribution in [-0.2, 0) is 11.0 Å². The molecule has 1 amide bonds. The predicted octanol–water partition coefficient (Wildman–Crippen LogP) is 2.30. The Balaban J connectivity index is 2.26. The first-order valence-corrected chi connectivity index (χ1v) is 6.19. The van der Waals surface area contributed by atoms with Gasteiger partial charge in [0.2, 0.25) is 5.91 Å². The molecule has 6 nitrogen and oxygen atoms in total. The molecule has 1 fully saturated rings. The van der Waals surface area contributed by atoms with Gasteiger partial charge in [0.1, 0.15) is 5.69 Å². The van der Waals surface area contributed by atoms with Crippen molar-refractivity contribution in [3.05, 3.63) is 33.9 Å². The lowest BCUT2D eigenvalue weighted by atomic mass is 10.1. The second kappa shape index (κ2) is 5.68. The van der Waals surface area contributed by atoms with Crippen molar-refractivity contribution >= 4 is 17.3 Å². The molecule has 2 N–H and O–H groups in total. The highest BCUT2D eigenvalue weighted by molar-refractivity contribution is 5.96. The van der Waals surface area contributed by atoms with Gasteiger partial charge < -0.3 is 10.6 Å². The summed E-state index contributed by atoms with van der Waals surface area (Å²) in [6.07, 6.45) is -3.30. The summed E-state index contributed by atoms with van der Waals surface area (Å²) < 4.78 is 37.7. The number of anilines is 1. The third-order valence-corrected chi connectivity index (χ3v) is 3.16. The van der Waals surface area contributed by atoms with Crippen LogP contribution < -0.4 is 10.6 Å². The smallest absolute Gasteiger partial charge is 0.319 e. The fourth-order valence-electron chi connectivity index (χ4n) is 2.09. The molecule has 0 spiro atoms. The summed E-state index contributed by atoms with van der Waals surface area (Å²) in [5.41, 5.74) is -2.16. The molecule has 1 aliphatic rings. The van der Waals surface area contributed by atoms with E-state index < -0.39 is 34.3 Å². The van der Waals surface area contributed by atoms with E-state index >= 15 is 0 Å². The van der Waals surface area contributed by atoms with E-state index in [9.17, 15) is 28.1 Å². The van der Waals surface area contributed by atoms with Crippen molar-refractivity contribution in [1.29, 1.82) is 0 Å². The van der Waals surface area contributed by atoms with Crippen molar-refractivity contribution in [2.75, 3.05) is 11.9 Å². The van der Waals surface area contributed by atoms with Gasteiger partial charge >= 0.3 is 6.18 Å². The highest BCUT2D eigenvalue weighted by atomic mass is 19.4. The minimum absolute atomic E-state index is 0.244. The van der Waals surface area contributed by atoms with Gasteiger partial charge in [-0.3, -0.25) is 14.9 Å². The summed E-state index contributed by atoms with van der Waals surface area (Å²) in [6, 6.07) is 1.53. The Hall–Kier alpha value is -2.16. The van der Waals surface area contributed by atoms with E-state index in [4.69, 9.17) is 0 Å². The van der Waals surface area contributed by atoms with Gasteiger partial charge in [-0.05, 0) is 31.5 Å². The van der Waals surface area contributed by atoms with Crippen molar-refractivity contribution in [3.8, 4) is 0 Å². The number of benzene rings is 1. The van der Waals surface area contributed by atoms with Crippen molar-refractivity contribution < 1.29 is 22.9 Å². The number of rotatable bonds is 3. The Morgan fingerprint density at radius 3 is 2.67 bits per heavy atom. The van der Waals surface area contributed by atoms with Gasteiger partial charge in [-0.15, -0.1) is 0 Å². The fourth-order valence-corrected chi connectivity index (χ4v) is 2.09. The largest absolute Gasteiger partial charge is 0.416 e. The van der Waals surface area contributed by atoms with E-state index in [1.54, 1.807) is 0 Å². The molecule has 0 saturated carbocycles. The molecule has 1 atom stereocenters. The maximum Gasteiger partial charge on any atom is 0.416 e. The molecule has 0 aliphatic carbocycles. The van der Waals surface area contributed by atoms with Crippen LogP contribution in [0.15, 0.2) is 18.2 Å². The molecule has 1 aromatic rings. The van der Waals surface area contributed by atoms with Crippen LogP contribution in [0.5, 0.6) is 0 Å². The van der Waals surface area contributed by atoms with Crippen LogP contribution in [0.3, 0.4) is 0 Å². The van der Waals surface area contributed by atoms with Crippen LogP contribution >= 0.6 is 0 Å². The maximum absolute atomic E-state index is 12.6. The molecule has 1 unspecified atom stereocenters. The third-order valence-electron chi connectivity index (χ3n) is 3.16. The summed E-state index contributed by atoms with van der Waals surface area (Å²) in [5, 5.41) is 16.1. The topological polar surface area (TPSA) is 84.3 Å². The number of hydrogen-bond acceptors (Lipinski definition) is 4. The molecule has 2 rings (SSSR count). The summed E-state index contributed by atoms with van der Waals surface area (Å²) in [6.45, 7) is 0.660. The number of hydrogen-bond donors (Lipinski definition) is 2. The number of nitrogens with one attached hydrogen (secondary N) is 2. The number of carbonyl (C=O) groups is 1. The van der Waals surface area contributed by atoms with E-state index in [0.29, 0.717) is 25.1 Å². The average molecular weight is 303 g/mol. The first-order valence-electron chi connectivity index (χ1n) is 6.19. The Labute approximate surface area is 117 Å². The Morgan fingerprint density at radius 2 is 2.14 bits per heavy atom. The van der Waals surface area contributed by atoms with Crippen molar-refractivity contribution in [2.24, 2.45) is 0 Å². The molecule has 1 saturated heterocycles. The lowest BCUT2D eigenvalue weighted by molar-refractivity contribution is -0.384. The fraction of sp³-hybridized carbons (Fsp3) is 0.417. The summed E-state index contributed by atoms with van der Waals surface area (Å²) >= 11 is 0. The highest BCUT2D eigenvalue weighted by Gasteiger charge is 2.33. The number of nitro groups is 1. The van der Waals surface area contributed by atoms with Gasteiger partial charge in [0, 0.05) is 6.07 Å². The molecular weight excluding hydrogens is 291 g/mol. The molecule has 0 radical (unpaired) electrons. The average Bonchev–Trinajstić information content (AvgIpc) is 2.91. The summed E-state index contributed by atoms with van der Waals surface area (Å²) in [5.74, 6) is -0.490. The van der Waals surface area contributed by atoms with E-state index in [1.165, 1.54) is 0 Å². The van der Waals surface area contributed by atoms with Gasteiger partial charge in [0.15, 0.2) is 0 Å². The molecule has 0 bridgehead atoms. The van der Waals surface area contributed by atoms with E-state index in [-0.39, 0.29) is 5.69 Å². The third kappa shape index (κ3) is 3.48. The Morgan fingerprint density at radius 1 is 1.43 bits per heavy atom. The molecule has 1 heterocycles. The van der Waals surface area contributed by atoms with Crippen LogP contribution in [0.2, 0.25) is 0 Å². The number of amides is 1. The lowest BCUT2D eigenvalue weighted by Crippen LogP contribution is -2.35. The molecular formula is C12H12F3N3O3. The number of alkyl halides is 3. The predicted molar refractivity (Wildman–Crippen MR) is 67.8 cm³/mol. The second-order valence-corrected chi connectivity index (χ2v) is 4.62. The number of halogens is 3. The van der Waals surface area contributed by atoms with Crippen LogP contribution in [-0.4, -0.2) is 23.4 Å². The summed E-state index contributed by atoms with van der Waals surface area (Å²) in [7, 11) is 0. The molecule has 1 aliphatic heterocycles. The van der Waals surface area contributed by atoms with Gasteiger partial charge in [0.05, 0.1) is 16.5 Å². The van der Waals surface area contributed by atoms with Crippen LogP contribution in [0.25, 0.3) is 0 Å². The molecule has 9 heteroatoms. The van der Waals surface area contributed by atoms with Crippen molar-refractivity contribution in [1.82, 2.24) is 5.32 Å². The first kappa shape index (κ1) is 15.2. The maximum atomic E-state index is 12.6. The normalized spacial score (nSPS) is 18.5. The van der Waals surface area contributed by atoms with Crippen LogP contribution in [0.4, 0.5) is 24.5 Å². The zero-order valence-electron chi connectivity index (χ0n) is 10.7. The quantitative estimate of drug-likeness (QED) is 0.663. The summed E-state index contributed by atoms with van der Waals surface area (Å²) in [4.78, 5) is 21.8. The van der Waals surface area contributed by atoms with Gasteiger partial charge in [-0.1, -0.05) is 0 Å². The van der Waals surface area contributed by atoms with Gasteiger partial charge in [-0.25, -0.2) is 0 Å². The van der Waals surface area contributed by atoms with Crippen LogP contribution in [0, 0.1) is 10.1 Å². The Bertz CT molecular complexity index is 569. The number of nitro benzene ring substituents is 1. The first-order chi connectivity index (χ1) is 9.79. The van der Waals surface area contributed by atoms with Crippen LogP contribution in [0.1, 0.15) is 18.4 Å². The zero-order valence-corrected chi connectivity index (χ0v) is 10.7. The van der Waals surface area contributed by atoms with Crippen molar-refractivity contribution in [2.45, 2.75) is 25.1 Å². The minimum Gasteiger partial charge on any atom is -0.319 e. The van der Waals surface area contributed by atoms with Gasteiger partial charge in [-0.2, -0.15) is 13.2 Å². The van der Waals surface area contributed by atoms with Crippen molar-refractivity contribution in [3.63, 3.8) is 0 Å². The number of carbonyl (C=O) groups excluding carboxylic acids is 1. The lowest BCUT2D eigenvalue weighted by Gasteiger charge is -2.12. The molecule has 0 aromatic heterocycles. The minimum atomic E-state index is -4.68.